The number of rotatable bonds is 7. The lowest BCUT2D eigenvalue weighted by Crippen LogP contribution is -2.44. The van der Waals surface area contributed by atoms with Gasteiger partial charge in [0.2, 0.25) is 10.0 Å². The lowest BCUT2D eigenvalue weighted by atomic mass is 9.89. The van der Waals surface area contributed by atoms with E-state index in [1.807, 2.05) is 6.07 Å². The van der Waals surface area contributed by atoms with E-state index in [-0.39, 0.29) is 16.5 Å². The Morgan fingerprint density at radius 3 is 2.43 bits per heavy atom. The molecule has 0 aromatic carbocycles. The van der Waals surface area contributed by atoms with Crippen LogP contribution in [0.4, 0.5) is 5.82 Å². The third kappa shape index (κ3) is 6.18. The van der Waals surface area contributed by atoms with Gasteiger partial charge < -0.3 is 19.3 Å². The van der Waals surface area contributed by atoms with Crippen LogP contribution in [0.5, 0.6) is 0 Å². The van der Waals surface area contributed by atoms with Gasteiger partial charge in [0.05, 0.1) is 5.60 Å². The first-order valence-electron chi connectivity index (χ1n) is 13.6. The predicted octanol–water partition coefficient (Wildman–Crippen LogP) is 3.18. The van der Waals surface area contributed by atoms with E-state index >= 15 is 0 Å². The molecule has 1 N–H and O–H groups in total. The van der Waals surface area contributed by atoms with Crippen LogP contribution in [-0.2, 0) is 19.5 Å². The van der Waals surface area contributed by atoms with Crippen LogP contribution >= 0.6 is 0 Å². The highest BCUT2D eigenvalue weighted by Gasteiger charge is 2.38. The van der Waals surface area contributed by atoms with Gasteiger partial charge in [-0.25, -0.2) is 18.1 Å². The molecule has 4 aliphatic rings. The van der Waals surface area contributed by atoms with Crippen LogP contribution in [0.15, 0.2) is 23.2 Å². The van der Waals surface area contributed by atoms with Crippen LogP contribution in [0.2, 0.25) is 0 Å². The third-order valence-corrected chi connectivity index (χ3v) is 10.2. The fraction of sp³-hybridized carbons (Fsp3) is 0.808. The maximum absolute atomic E-state index is 13.0. The number of piperidine rings is 1. The topological polar surface area (TPSA) is 84.0 Å². The number of nitrogens with one attached hydrogen (secondary N) is 1. The standard InChI is InChI=1S/C26H42N4O4S/c1-29(20-21-9-17-33-18-10-21)23-5-3-22(4-6-23)28-35(31,32)24-7-8-25(27-19-24)30-14-12-26(13-15-30)11-2-16-34-26/h7-8,19,21-23,28H,2-6,9-18,20H2,1H3/t22-,23-. The minimum absolute atomic E-state index is 0.00268. The first kappa shape index (κ1) is 25.4. The van der Waals surface area contributed by atoms with Crippen molar-refractivity contribution in [2.24, 2.45) is 5.92 Å². The number of ether oxygens (including phenoxy) is 2. The summed E-state index contributed by atoms with van der Waals surface area (Å²) in [6.07, 6.45) is 12.0. The molecule has 1 aliphatic carbocycles. The molecule has 0 unspecified atom stereocenters. The average molecular weight is 507 g/mol. The van der Waals surface area contributed by atoms with Gasteiger partial charge >= 0.3 is 0 Å². The fourth-order valence-corrected chi connectivity index (χ4v) is 7.67. The highest BCUT2D eigenvalue weighted by molar-refractivity contribution is 7.89. The van der Waals surface area contributed by atoms with Gasteiger partial charge in [0.15, 0.2) is 0 Å². The zero-order valence-electron chi connectivity index (χ0n) is 21.2. The van der Waals surface area contributed by atoms with Crippen LogP contribution in [0.3, 0.4) is 0 Å². The van der Waals surface area contributed by atoms with Crippen LogP contribution in [-0.4, -0.2) is 82.5 Å². The van der Waals surface area contributed by atoms with E-state index in [9.17, 15) is 8.42 Å². The Morgan fingerprint density at radius 1 is 1.06 bits per heavy atom. The summed E-state index contributed by atoms with van der Waals surface area (Å²) in [5.41, 5.74) is 0.0718. The second kappa shape index (κ2) is 11.0. The normalized spacial score (nSPS) is 28.1. The monoisotopic (exact) mass is 506 g/mol. The van der Waals surface area contributed by atoms with Crippen molar-refractivity contribution < 1.29 is 17.9 Å². The van der Waals surface area contributed by atoms with Gasteiger partial charge in [-0.05, 0) is 89.3 Å². The van der Waals surface area contributed by atoms with Crippen molar-refractivity contribution in [3.8, 4) is 0 Å². The van der Waals surface area contributed by atoms with Gasteiger partial charge in [-0.2, -0.15) is 0 Å². The molecule has 4 heterocycles. The summed E-state index contributed by atoms with van der Waals surface area (Å²) in [4.78, 5) is 9.51. The van der Waals surface area contributed by atoms with Crippen molar-refractivity contribution in [1.82, 2.24) is 14.6 Å². The highest BCUT2D eigenvalue weighted by Crippen LogP contribution is 2.36. The molecule has 5 rings (SSSR count). The minimum Gasteiger partial charge on any atom is -0.381 e. The van der Waals surface area contributed by atoms with E-state index in [0.29, 0.717) is 6.04 Å². The van der Waals surface area contributed by atoms with E-state index in [2.05, 4.69) is 26.6 Å². The molecule has 4 fully saturated rings. The number of pyridine rings is 1. The molecule has 0 radical (unpaired) electrons. The van der Waals surface area contributed by atoms with Crippen LogP contribution in [0.1, 0.15) is 64.2 Å². The lowest BCUT2D eigenvalue weighted by Gasteiger charge is -2.39. The highest BCUT2D eigenvalue weighted by atomic mass is 32.2. The fourth-order valence-electron chi connectivity index (χ4n) is 6.42. The van der Waals surface area contributed by atoms with Crippen molar-refractivity contribution in [3.63, 3.8) is 0 Å². The molecule has 1 aromatic heterocycles. The summed E-state index contributed by atoms with van der Waals surface area (Å²) in [6.45, 7) is 5.58. The van der Waals surface area contributed by atoms with E-state index in [1.165, 1.54) is 6.20 Å². The Labute approximate surface area is 210 Å². The van der Waals surface area contributed by atoms with Crippen molar-refractivity contribution in [1.29, 1.82) is 0 Å². The summed E-state index contributed by atoms with van der Waals surface area (Å²) in [5.74, 6) is 1.58. The molecule has 35 heavy (non-hydrogen) atoms. The molecule has 196 valence electrons. The number of hydrogen-bond donors (Lipinski definition) is 1. The van der Waals surface area contributed by atoms with Gasteiger partial charge in [-0.3, -0.25) is 0 Å². The summed E-state index contributed by atoms with van der Waals surface area (Å²) >= 11 is 0. The number of aromatic nitrogens is 1. The zero-order valence-corrected chi connectivity index (χ0v) is 22.0. The summed E-state index contributed by atoms with van der Waals surface area (Å²) in [5, 5.41) is 0. The Balaban J connectivity index is 1.09. The Hall–Kier alpha value is -1.26. The zero-order chi connectivity index (χ0) is 24.3. The van der Waals surface area contributed by atoms with Gasteiger partial charge in [0, 0.05) is 57.7 Å². The Morgan fingerprint density at radius 2 is 1.80 bits per heavy atom. The number of hydrogen-bond acceptors (Lipinski definition) is 7. The molecular formula is C26H42N4O4S. The molecule has 0 atom stereocenters. The second-order valence-corrected chi connectivity index (χ2v) is 12.8. The molecule has 3 aliphatic heterocycles. The predicted molar refractivity (Wildman–Crippen MR) is 136 cm³/mol. The largest absolute Gasteiger partial charge is 0.381 e. The van der Waals surface area contributed by atoms with Gasteiger partial charge in [-0.1, -0.05) is 0 Å². The summed E-state index contributed by atoms with van der Waals surface area (Å²) in [7, 11) is -1.34. The van der Waals surface area contributed by atoms with Crippen molar-refractivity contribution in [3.05, 3.63) is 18.3 Å². The molecule has 8 nitrogen and oxygen atoms in total. The average Bonchev–Trinajstić information content (AvgIpc) is 3.33. The first-order valence-corrected chi connectivity index (χ1v) is 15.1. The maximum Gasteiger partial charge on any atom is 0.242 e. The lowest BCUT2D eigenvalue weighted by molar-refractivity contribution is -0.0147. The van der Waals surface area contributed by atoms with Crippen LogP contribution in [0.25, 0.3) is 0 Å². The smallest absolute Gasteiger partial charge is 0.242 e. The van der Waals surface area contributed by atoms with Crippen LogP contribution < -0.4 is 9.62 Å². The van der Waals surface area contributed by atoms with Gasteiger partial charge in [0.1, 0.15) is 10.7 Å². The number of sulfonamides is 1. The van der Waals surface area contributed by atoms with Crippen molar-refractivity contribution in [2.75, 3.05) is 51.4 Å². The molecule has 0 bridgehead atoms. The Kier molecular flexibility index (Phi) is 7.99. The first-order chi connectivity index (χ1) is 16.9. The van der Waals surface area contributed by atoms with E-state index in [4.69, 9.17) is 9.47 Å². The minimum atomic E-state index is -3.56. The molecule has 1 saturated carbocycles. The van der Waals surface area contributed by atoms with Crippen LogP contribution in [0, 0.1) is 5.92 Å². The molecule has 1 aromatic rings. The van der Waals surface area contributed by atoms with Crippen molar-refractivity contribution >= 4 is 15.8 Å². The Bertz CT molecular complexity index is 911. The molecule has 0 amide bonds. The second-order valence-electron chi connectivity index (χ2n) is 11.1. The third-order valence-electron chi connectivity index (χ3n) is 8.74. The molecule has 1 spiro atoms. The summed E-state index contributed by atoms with van der Waals surface area (Å²) in [6, 6.07) is 4.09. The van der Waals surface area contributed by atoms with E-state index in [1.54, 1.807) is 6.07 Å². The van der Waals surface area contributed by atoms with Gasteiger partial charge in [0.25, 0.3) is 0 Å². The quantitative estimate of drug-likeness (QED) is 0.608. The SMILES string of the molecule is CN(CC1CCOCC1)[C@H]1CC[C@H](NS(=O)(=O)c2ccc(N3CCC4(CCCO4)CC3)nc2)CC1. The van der Waals surface area contributed by atoms with Gasteiger partial charge in [-0.15, -0.1) is 0 Å². The molecule has 9 heteroatoms. The maximum atomic E-state index is 13.0. The summed E-state index contributed by atoms with van der Waals surface area (Å²) < 4.78 is 40.5. The van der Waals surface area contributed by atoms with E-state index in [0.717, 1.165) is 115 Å². The number of nitrogens with zero attached hydrogens (tertiary/aromatic N) is 3. The molecule has 3 saturated heterocycles. The van der Waals surface area contributed by atoms with E-state index < -0.39 is 10.0 Å². The number of anilines is 1. The van der Waals surface area contributed by atoms with Crippen molar-refractivity contribution in [2.45, 2.75) is 86.8 Å². The molecular weight excluding hydrogens is 464 g/mol.